The molecule has 0 aromatic heterocycles. The Morgan fingerprint density at radius 3 is 2.31 bits per heavy atom. The third-order valence-electron chi connectivity index (χ3n) is 2.50. The first-order valence-electron chi connectivity index (χ1n) is 4.57. The van der Waals surface area contributed by atoms with Crippen molar-refractivity contribution in [1.29, 1.82) is 0 Å². The maximum Gasteiger partial charge on any atom is 0.0175 e. The van der Waals surface area contributed by atoms with Crippen molar-refractivity contribution in [3.63, 3.8) is 0 Å². The lowest BCUT2D eigenvalue weighted by molar-refractivity contribution is 0.710. The lowest BCUT2D eigenvalue weighted by Gasteiger charge is -2.26. The van der Waals surface area contributed by atoms with Crippen molar-refractivity contribution in [2.24, 2.45) is 0 Å². The van der Waals surface area contributed by atoms with E-state index in [1.807, 2.05) is 0 Å². The molecule has 0 heterocycles. The molecule has 0 spiro atoms. The summed E-state index contributed by atoms with van der Waals surface area (Å²) in [5, 5.41) is 0. The molecule has 0 nitrogen and oxygen atoms in total. The number of benzene rings is 1. The topological polar surface area (TPSA) is 0 Å². The van der Waals surface area contributed by atoms with E-state index in [2.05, 4.69) is 68.0 Å². The lowest BCUT2D eigenvalue weighted by atomic mass is 9.77. The predicted octanol–water partition coefficient (Wildman–Crippen LogP) is 3.27. The van der Waals surface area contributed by atoms with E-state index in [1.165, 1.54) is 5.56 Å². The van der Waals surface area contributed by atoms with Crippen molar-refractivity contribution < 1.29 is 0 Å². The Balaban J connectivity index is 2.35. The van der Waals surface area contributed by atoms with E-state index < -0.39 is 0 Å². The molecule has 1 aromatic rings. The van der Waals surface area contributed by atoms with Gasteiger partial charge in [-0.05, 0) is 12.0 Å². The first-order chi connectivity index (χ1) is 6.31. The van der Waals surface area contributed by atoms with Crippen LogP contribution in [-0.4, -0.2) is 0 Å². The summed E-state index contributed by atoms with van der Waals surface area (Å²) in [6.45, 7) is 2.22. The van der Waals surface area contributed by atoms with Crippen molar-refractivity contribution in [1.82, 2.24) is 0 Å². The lowest BCUT2D eigenvalue weighted by Crippen LogP contribution is -2.19. The van der Waals surface area contributed by atoms with Crippen molar-refractivity contribution in [2.75, 3.05) is 0 Å². The molecular weight excluding hydrogens is 156 g/mol. The van der Waals surface area contributed by atoms with Gasteiger partial charge in [0, 0.05) is 5.41 Å². The summed E-state index contributed by atoms with van der Waals surface area (Å²) in [6, 6.07) is 10.6. The van der Waals surface area contributed by atoms with E-state index in [-0.39, 0.29) is 5.41 Å². The van der Waals surface area contributed by atoms with Crippen LogP contribution >= 0.6 is 0 Å². The Morgan fingerprint density at radius 1 is 0.923 bits per heavy atom. The van der Waals surface area contributed by atoms with Crippen LogP contribution in [0.2, 0.25) is 0 Å². The minimum atomic E-state index is 0.0794. The SMILES string of the molecule is CC1(c2ccccc2)[CH]C=CC=C1. The van der Waals surface area contributed by atoms with Crippen LogP contribution in [0.1, 0.15) is 12.5 Å². The van der Waals surface area contributed by atoms with Crippen molar-refractivity contribution in [3.05, 3.63) is 66.6 Å². The van der Waals surface area contributed by atoms with Crippen LogP contribution in [0.3, 0.4) is 0 Å². The smallest absolute Gasteiger partial charge is 0.0175 e. The molecule has 0 saturated carbocycles. The average Bonchev–Trinajstić information content (AvgIpc) is 2.20. The van der Waals surface area contributed by atoms with Crippen molar-refractivity contribution in [2.45, 2.75) is 12.3 Å². The highest BCUT2D eigenvalue weighted by molar-refractivity contribution is 5.40. The molecule has 0 N–H and O–H groups in total. The standard InChI is InChI=1S/C13H13/c1-13(10-6-3-7-11-13)12-8-4-2-5-9-12/h2-11H,1H3. The maximum atomic E-state index is 2.22. The number of rotatable bonds is 1. The first-order valence-corrected chi connectivity index (χ1v) is 4.57. The molecule has 1 aromatic carbocycles. The quantitative estimate of drug-likeness (QED) is 0.605. The number of hydrogen-bond donors (Lipinski definition) is 0. The minimum Gasteiger partial charge on any atom is -0.0796 e. The van der Waals surface area contributed by atoms with Gasteiger partial charge >= 0.3 is 0 Å². The van der Waals surface area contributed by atoms with Gasteiger partial charge in [0.1, 0.15) is 0 Å². The zero-order chi connectivity index (χ0) is 9.15. The number of hydrogen-bond acceptors (Lipinski definition) is 0. The Labute approximate surface area is 79.6 Å². The van der Waals surface area contributed by atoms with Crippen molar-refractivity contribution >= 4 is 0 Å². The molecule has 2 rings (SSSR count). The van der Waals surface area contributed by atoms with Gasteiger partial charge in [0.05, 0.1) is 0 Å². The fourth-order valence-corrected chi connectivity index (χ4v) is 1.62. The molecule has 0 saturated heterocycles. The van der Waals surface area contributed by atoms with Gasteiger partial charge in [-0.2, -0.15) is 0 Å². The average molecular weight is 169 g/mol. The highest BCUT2D eigenvalue weighted by Crippen LogP contribution is 2.30. The van der Waals surface area contributed by atoms with Crippen LogP contribution < -0.4 is 0 Å². The fourth-order valence-electron chi connectivity index (χ4n) is 1.62. The molecule has 1 atom stereocenters. The molecule has 0 heteroatoms. The Morgan fingerprint density at radius 2 is 1.69 bits per heavy atom. The largest absolute Gasteiger partial charge is 0.0796 e. The van der Waals surface area contributed by atoms with Crippen LogP contribution in [0.15, 0.2) is 54.6 Å². The zero-order valence-electron chi connectivity index (χ0n) is 7.77. The second-order valence-electron chi connectivity index (χ2n) is 3.56. The van der Waals surface area contributed by atoms with Gasteiger partial charge < -0.3 is 0 Å². The highest BCUT2D eigenvalue weighted by atomic mass is 14.3. The van der Waals surface area contributed by atoms with Crippen LogP contribution in [0.25, 0.3) is 0 Å². The van der Waals surface area contributed by atoms with Gasteiger partial charge in [-0.1, -0.05) is 61.6 Å². The Kier molecular flexibility index (Phi) is 2.05. The maximum absolute atomic E-state index is 2.22. The van der Waals surface area contributed by atoms with Crippen molar-refractivity contribution in [3.8, 4) is 0 Å². The Bertz CT molecular complexity index is 332. The number of allylic oxidation sites excluding steroid dienone is 4. The van der Waals surface area contributed by atoms with Gasteiger partial charge in [-0.15, -0.1) is 0 Å². The summed E-state index contributed by atoms with van der Waals surface area (Å²) in [7, 11) is 0. The molecule has 1 aliphatic carbocycles. The van der Waals surface area contributed by atoms with E-state index in [4.69, 9.17) is 0 Å². The van der Waals surface area contributed by atoms with Crippen LogP contribution in [0, 0.1) is 6.42 Å². The normalized spacial score (nSPS) is 26.2. The zero-order valence-corrected chi connectivity index (χ0v) is 7.77. The van der Waals surface area contributed by atoms with Gasteiger partial charge in [0.15, 0.2) is 0 Å². The molecule has 1 radical (unpaired) electrons. The predicted molar refractivity (Wildman–Crippen MR) is 56.4 cm³/mol. The fraction of sp³-hybridized carbons (Fsp3) is 0.154. The van der Waals surface area contributed by atoms with Crippen LogP contribution in [0.5, 0.6) is 0 Å². The molecule has 1 aliphatic rings. The first kappa shape index (κ1) is 8.31. The molecule has 65 valence electrons. The highest BCUT2D eigenvalue weighted by Gasteiger charge is 2.22. The summed E-state index contributed by atoms with van der Waals surface area (Å²) in [4.78, 5) is 0. The molecular formula is C13H13. The monoisotopic (exact) mass is 169 g/mol. The van der Waals surface area contributed by atoms with E-state index in [0.29, 0.717) is 0 Å². The molecule has 0 aliphatic heterocycles. The summed E-state index contributed by atoms with van der Waals surface area (Å²) in [6.07, 6.45) is 10.7. The molecule has 0 fully saturated rings. The second-order valence-corrected chi connectivity index (χ2v) is 3.56. The summed E-state index contributed by atoms with van der Waals surface area (Å²) in [5.74, 6) is 0. The minimum absolute atomic E-state index is 0.0794. The third-order valence-corrected chi connectivity index (χ3v) is 2.50. The van der Waals surface area contributed by atoms with E-state index in [9.17, 15) is 0 Å². The second kappa shape index (κ2) is 3.21. The summed E-state index contributed by atoms with van der Waals surface area (Å²) in [5.41, 5.74) is 1.42. The van der Waals surface area contributed by atoms with Gasteiger partial charge in [0.2, 0.25) is 0 Å². The Hall–Kier alpha value is -1.30. The summed E-state index contributed by atoms with van der Waals surface area (Å²) < 4.78 is 0. The molecule has 0 bridgehead atoms. The molecule has 1 unspecified atom stereocenters. The van der Waals surface area contributed by atoms with E-state index in [0.717, 1.165) is 0 Å². The van der Waals surface area contributed by atoms with Gasteiger partial charge in [-0.3, -0.25) is 0 Å². The molecule has 13 heavy (non-hydrogen) atoms. The molecule has 0 amide bonds. The van der Waals surface area contributed by atoms with E-state index in [1.54, 1.807) is 0 Å². The van der Waals surface area contributed by atoms with Crippen LogP contribution in [0.4, 0.5) is 0 Å². The summed E-state index contributed by atoms with van der Waals surface area (Å²) >= 11 is 0. The van der Waals surface area contributed by atoms with Crippen LogP contribution in [-0.2, 0) is 5.41 Å². The van der Waals surface area contributed by atoms with Gasteiger partial charge in [-0.25, -0.2) is 0 Å². The van der Waals surface area contributed by atoms with Gasteiger partial charge in [0.25, 0.3) is 0 Å². The van der Waals surface area contributed by atoms with E-state index >= 15 is 0 Å². The third kappa shape index (κ3) is 1.57.